The van der Waals surface area contributed by atoms with Gasteiger partial charge in [-0.05, 0) is 119 Å². The Labute approximate surface area is 371 Å². The first kappa shape index (κ1) is 44.7. The number of aromatic nitrogens is 4. The lowest BCUT2D eigenvalue weighted by Crippen LogP contribution is -1.98. The van der Waals surface area contributed by atoms with Gasteiger partial charge in [0.15, 0.2) is 0 Å². The second kappa shape index (κ2) is 16.3. The number of rotatable bonds is 8. The third-order valence-corrected chi connectivity index (χ3v) is 14.0. The molecule has 330 valence electrons. The largest absolute Gasteiger partial charge is 0.354 e. The fourth-order valence-corrected chi connectivity index (χ4v) is 9.51. The van der Waals surface area contributed by atoms with Gasteiger partial charge in [-0.25, -0.2) is 9.97 Å². The molecule has 8 bridgehead atoms. The van der Waals surface area contributed by atoms with Gasteiger partial charge in [0.2, 0.25) is 0 Å². The van der Waals surface area contributed by atoms with Crippen LogP contribution in [0.4, 0.5) is 0 Å². The van der Waals surface area contributed by atoms with Crippen molar-refractivity contribution in [2.24, 2.45) is 0 Å². The van der Waals surface area contributed by atoms with E-state index in [-0.39, 0.29) is 25.7 Å². The van der Waals surface area contributed by atoms with Gasteiger partial charge in [0.25, 0.3) is 40.5 Å². The Morgan fingerprint density at radius 1 is 0.308 bits per heavy atom. The van der Waals surface area contributed by atoms with E-state index in [0.29, 0.717) is 89.4 Å². The fraction of sp³-hybridized carbons (Fsp3) is 0. The smallest absolute Gasteiger partial charge is 0.294 e. The molecule has 0 amide bonds. The zero-order chi connectivity index (χ0) is 45.3. The Kier molecular flexibility index (Phi) is 11.2. The van der Waals surface area contributed by atoms with Gasteiger partial charge in [-0.2, -0.15) is 33.7 Å². The van der Waals surface area contributed by atoms with Gasteiger partial charge in [0.1, 0.15) is 0 Å². The van der Waals surface area contributed by atoms with E-state index in [1.54, 1.807) is 48.6 Å². The summed E-state index contributed by atoms with van der Waals surface area (Å²) < 4.78 is 135. The Morgan fingerprint density at radius 2 is 0.492 bits per heavy atom. The van der Waals surface area contributed by atoms with Crippen LogP contribution in [0.2, 0.25) is 0 Å². The normalized spacial score (nSPS) is 12.9. The fourth-order valence-electron chi connectivity index (χ4n) is 7.59. The number of hydrogen-bond acceptors (Lipinski definition) is 11. The SMILES string of the molecule is N.O=S(=O)(O)c1ccc(-c2c3nc(c(-c4ccc(S(=O)(=O)O)cc4)c4ccc([nH]4)c(-c4ccc(S(=O)(=O)O)cc4)c4nc(c(-c5ccc(S(=O)(=O)O)cc5)c5ccc2[nH]5)C=C4)C=C3)cc1. The lowest BCUT2D eigenvalue weighted by Gasteiger charge is -2.08. The summed E-state index contributed by atoms with van der Waals surface area (Å²) in [6.45, 7) is 0. The highest BCUT2D eigenvalue weighted by Crippen LogP contribution is 2.39. The number of aromatic amines is 2. The zero-order valence-corrected chi connectivity index (χ0v) is 36.4. The van der Waals surface area contributed by atoms with Crippen molar-refractivity contribution in [3.63, 3.8) is 0 Å². The highest BCUT2D eigenvalue weighted by atomic mass is 32.2. The molecule has 65 heavy (non-hydrogen) atoms. The number of nitrogens with zero attached hydrogens (tertiary/aromatic N) is 2. The summed E-state index contributed by atoms with van der Waals surface area (Å²) in [5, 5.41) is 0. The molecule has 9 N–H and O–H groups in total. The first-order valence-corrected chi connectivity index (χ1v) is 24.5. The summed E-state index contributed by atoms with van der Waals surface area (Å²) in [5.74, 6) is 0. The first-order valence-electron chi connectivity index (χ1n) is 18.7. The summed E-state index contributed by atoms with van der Waals surface area (Å²) in [4.78, 5) is 15.6. The minimum atomic E-state index is -4.55. The molecule has 0 saturated carbocycles. The maximum absolute atomic E-state index is 12.0. The molecule has 9 rings (SSSR count). The van der Waals surface area contributed by atoms with Crippen molar-refractivity contribution < 1.29 is 51.9 Å². The van der Waals surface area contributed by atoms with Crippen LogP contribution in [0.15, 0.2) is 141 Å². The molecule has 0 aliphatic carbocycles. The Bertz CT molecular complexity index is 3300. The van der Waals surface area contributed by atoms with Crippen LogP contribution in [0.1, 0.15) is 22.8 Å². The molecule has 0 spiro atoms. The van der Waals surface area contributed by atoms with Gasteiger partial charge in [0, 0.05) is 44.3 Å². The van der Waals surface area contributed by atoms with Gasteiger partial charge >= 0.3 is 0 Å². The van der Waals surface area contributed by atoms with Crippen molar-refractivity contribution in [2.45, 2.75) is 19.6 Å². The van der Waals surface area contributed by atoms with Gasteiger partial charge in [-0.1, -0.05) is 48.5 Å². The Balaban J connectivity index is 0.00000576. The standard InChI is InChI=1S/C44H30N4O12S4.H3N/c49-61(50,51)29-9-1-25(2-10-29)41-33-17-19-35(45-33)42(26-3-11-30(12-4-26)62(52,53)54)37-21-23-39(47-37)44(28-7-15-32(16-8-28)64(58,59)60)40-24-22-38(48-40)43(36-20-18-34(41)46-36)27-5-13-31(14-6-27)63(55,56)57;/h1-24,45,48H,(H,49,50,51)(H,52,53,54)(H,55,56,57)(H,58,59,60);1H3. The molecule has 4 aromatic carbocycles. The van der Waals surface area contributed by atoms with E-state index in [1.165, 1.54) is 97.1 Å². The van der Waals surface area contributed by atoms with Gasteiger partial charge in [0.05, 0.1) is 42.4 Å². The van der Waals surface area contributed by atoms with Crippen molar-refractivity contribution in [1.82, 2.24) is 26.1 Å². The molecule has 3 aromatic heterocycles. The molecule has 0 atom stereocenters. The Hall–Kier alpha value is -6.92. The van der Waals surface area contributed by atoms with E-state index in [2.05, 4.69) is 9.97 Å². The van der Waals surface area contributed by atoms with Crippen molar-refractivity contribution in [2.75, 3.05) is 0 Å². The van der Waals surface area contributed by atoms with Crippen molar-refractivity contribution in [3.8, 4) is 44.5 Å². The quantitative estimate of drug-likeness (QED) is 0.0702. The molecule has 0 unspecified atom stereocenters. The zero-order valence-electron chi connectivity index (χ0n) is 33.1. The summed E-state index contributed by atoms with van der Waals surface area (Å²) >= 11 is 0. The van der Waals surface area contributed by atoms with Crippen LogP contribution in [0.5, 0.6) is 0 Å². The Morgan fingerprint density at radius 3 is 0.662 bits per heavy atom. The molecular formula is C44H33N5O12S4. The molecule has 5 heterocycles. The van der Waals surface area contributed by atoms with Crippen LogP contribution in [0.25, 0.3) is 90.9 Å². The van der Waals surface area contributed by atoms with E-state index < -0.39 is 40.5 Å². The summed E-state index contributed by atoms with van der Waals surface area (Å²) in [7, 11) is -18.2. The monoisotopic (exact) mass is 951 g/mol. The van der Waals surface area contributed by atoms with Gasteiger partial charge in [-0.15, -0.1) is 0 Å². The van der Waals surface area contributed by atoms with E-state index in [0.717, 1.165) is 0 Å². The minimum Gasteiger partial charge on any atom is -0.354 e. The van der Waals surface area contributed by atoms with E-state index in [4.69, 9.17) is 9.97 Å². The molecule has 2 aliphatic rings. The summed E-state index contributed by atoms with van der Waals surface area (Å²) in [6, 6.07) is 29.0. The van der Waals surface area contributed by atoms with Crippen LogP contribution in [-0.4, -0.2) is 71.8 Å². The number of benzene rings is 4. The van der Waals surface area contributed by atoms with Crippen molar-refractivity contribution >= 4 is 86.8 Å². The van der Waals surface area contributed by atoms with E-state index in [1.807, 2.05) is 0 Å². The molecule has 0 fully saturated rings. The second-order valence-corrected chi connectivity index (χ2v) is 20.2. The molecule has 17 nitrogen and oxygen atoms in total. The minimum absolute atomic E-state index is 0. The third-order valence-electron chi connectivity index (χ3n) is 10.5. The van der Waals surface area contributed by atoms with Gasteiger partial charge < -0.3 is 16.1 Å². The molecule has 21 heteroatoms. The first-order chi connectivity index (χ1) is 30.2. The molecule has 0 radical (unpaired) electrons. The lowest BCUT2D eigenvalue weighted by molar-refractivity contribution is 0.481. The van der Waals surface area contributed by atoms with Gasteiger partial charge in [-0.3, -0.25) is 18.2 Å². The van der Waals surface area contributed by atoms with Crippen molar-refractivity contribution in [1.29, 1.82) is 0 Å². The van der Waals surface area contributed by atoms with E-state index >= 15 is 0 Å². The molecule has 2 aliphatic heterocycles. The van der Waals surface area contributed by atoms with Crippen LogP contribution in [0, 0.1) is 0 Å². The van der Waals surface area contributed by atoms with Crippen molar-refractivity contribution in [3.05, 3.63) is 144 Å². The third kappa shape index (κ3) is 8.70. The number of nitrogens with one attached hydrogen (secondary N) is 2. The maximum Gasteiger partial charge on any atom is 0.294 e. The predicted octanol–water partition coefficient (Wildman–Crippen LogP) is 8.47. The summed E-state index contributed by atoms with van der Waals surface area (Å²) in [5.41, 5.74) is 7.41. The molecule has 0 saturated heterocycles. The average Bonchev–Trinajstić information content (AvgIpc) is 4.08. The lowest BCUT2D eigenvalue weighted by atomic mass is 10.0. The molecular weight excluding hydrogens is 919 g/mol. The highest BCUT2D eigenvalue weighted by molar-refractivity contribution is 7.86. The van der Waals surface area contributed by atoms with Crippen LogP contribution in [-0.2, 0) is 40.5 Å². The second-order valence-electron chi connectivity index (χ2n) is 14.5. The van der Waals surface area contributed by atoms with E-state index in [9.17, 15) is 51.9 Å². The summed E-state index contributed by atoms with van der Waals surface area (Å²) in [6.07, 6.45) is 6.92. The topological polar surface area (TPSA) is 310 Å². The molecule has 7 aromatic rings. The number of hydrogen-bond donors (Lipinski definition) is 7. The highest BCUT2D eigenvalue weighted by Gasteiger charge is 2.21. The number of H-pyrrole nitrogens is 2. The van der Waals surface area contributed by atoms with Crippen LogP contribution >= 0.6 is 0 Å². The number of fused-ring (bicyclic) bond motifs is 8. The maximum atomic E-state index is 12.0. The van der Waals surface area contributed by atoms with Crippen LogP contribution < -0.4 is 6.15 Å². The average molecular weight is 952 g/mol. The van der Waals surface area contributed by atoms with Crippen LogP contribution in [0.3, 0.4) is 0 Å². The predicted molar refractivity (Wildman–Crippen MR) is 245 cm³/mol.